The number of amides is 1. The van der Waals surface area contributed by atoms with Gasteiger partial charge in [-0.25, -0.2) is 14.4 Å². The van der Waals surface area contributed by atoms with Crippen molar-refractivity contribution in [2.24, 2.45) is 0 Å². The van der Waals surface area contributed by atoms with Gasteiger partial charge in [0.15, 0.2) is 0 Å². The van der Waals surface area contributed by atoms with Gasteiger partial charge in [0.05, 0.1) is 35.2 Å². The predicted octanol–water partition coefficient (Wildman–Crippen LogP) is 4.63. The number of carbonyl (C=O) groups is 1. The Kier molecular flexibility index (Phi) is 4.79. The van der Waals surface area contributed by atoms with Crippen molar-refractivity contribution in [3.05, 3.63) is 59.8 Å². The van der Waals surface area contributed by atoms with Gasteiger partial charge in [0.25, 0.3) is 5.91 Å². The van der Waals surface area contributed by atoms with E-state index in [1.165, 1.54) is 30.7 Å². The fourth-order valence-electron chi connectivity index (χ4n) is 5.18. The molecule has 0 bridgehead atoms. The van der Waals surface area contributed by atoms with Crippen LogP contribution in [0.1, 0.15) is 41.7 Å². The van der Waals surface area contributed by atoms with Crippen molar-refractivity contribution >= 4 is 28.3 Å². The topological polar surface area (TPSA) is 95.0 Å². The van der Waals surface area contributed by atoms with Crippen molar-refractivity contribution in [3.8, 4) is 11.5 Å². The molecule has 2 N–H and O–H groups in total. The number of carbonyl (C=O) groups excluding carboxylic acids is 1. The maximum absolute atomic E-state index is 15.3. The summed E-state index contributed by atoms with van der Waals surface area (Å²) in [6.45, 7) is 1.85. The normalized spacial score (nSPS) is 21.4. The SMILES string of the molecule is CC1CC[C@@H]2Oc3cc(OC(F)(F)F)ccc3[C@@H]2N1C(=O)c1cc2c(cc1F)nc(N)c1cncn12. The second-order valence-corrected chi connectivity index (χ2v) is 8.95. The molecular formula is C24H19F4N5O3. The number of fused-ring (bicyclic) bond motifs is 6. The Morgan fingerprint density at radius 3 is 2.78 bits per heavy atom. The molecule has 0 saturated carbocycles. The molecule has 2 aromatic heterocycles. The van der Waals surface area contributed by atoms with Crippen LogP contribution in [-0.2, 0) is 0 Å². The summed E-state index contributed by atoms with van der Waals surface area (Å²) in [5.74, 6) is -1.35. The molecule has 36 heavy (non-hydrogen) atoms. The Labute approximate surface area is 201 Å². The van der Waals surface area contributed by atoms with Crippen molar-refractivity contribution in [1.29, 1.82) is 0 Å². The summed E-state index contributed by atoms with van der Waals surface area (Å²) in [5.41, 5.74) is 7.57. The molecule has 3 atom stereocenters. The molecule has 1 unspecified atom stereocenters. The molecule has 186 valence electrons. The number of nitrogens with zero attached hydrogens (tertiary/aromatic N) is 4. The minimum atomic E-state index is -4.84. The number of hydrogen-bond acceptors (Lipinski definition) is 6. The summed E-state index contributed by atoms with van der Waals surface area (Å²) in [6, 6.07) is 5.51. The predicted molar refractivity (Wildman–Crippen MR) is 120 cm³/mol. The number of nitrogens with two attached hydrogens (primary N) is 1. The first-order valence-electron chi connectivity index (χ1n) is 11.2. The van der Waals surface area contributed by atoms with Crippen LogP contribution in [-0.4, -0.2) is 43.7 Å². The number of aromatic nitrogens is 3. The number of imidazole rings is 1. The summed E-state index contributed by atoms with van der Waals surface area (Å²) < 4.78 is 64.8. The van der Waals surface area contributed by atoms with Crippen LogP contribution in [0.5, 0.6) is 11.5 Å². The fourth-order valence-corrected chi connectivity index (χ4v) is 5.18. The van der Waals surface area contributed by atoms with Gasteiger partial charge in [-0.15, -0.1) is 13.2 Å². The second-order valence-electron chi connectivity index (χ2n) is 8.95. The van der Waals surface area contributed by atoms with Gasteiger partial charge >= 0.3 is 6.36 Å². The third-order valence-electron chi connectivity index (χ3n) is 6.74. The third kappa shape index (κ3) is 3.47. The Morgan fingerprint density at radius 1 is 1.19 bits per heavy atom. The van der Waals surface area contributed by atoms with Crippen molar-refractivity contribution in [3.63, 3.8) is 0 Å². The Balaban J connectivity index is 1.42. The fraction of sp³-hybridized carbons (Fsp3) is 0.292. The minimum Gasteiger partial charge on any atom is -0.487 e. The average Bonchev–Trinajstić information content (AvgIpc) is 3.43. The standard InChI is InChI=1S/C24H19F4N5O3/c1-11-2-5-19-21(13-4-3-12(6-20(13)35-19)36-24(26,27)28)33(11)23(34)14-7-17-16(8-15(14)25)31-22(29)18-9-30-10-32(17)18/h3-4,6-11,19,21H,2,5H2,1H3,(H2,29,31)/t11?,19-,21-/m0/s1. The molecule has 2 aliphatic heterocycles. The molecule has 6 rings (SSSR count). The Hall–Kier alpha value is -4.09. The first kappa shape index (κ1) is 22.4. The zero-order valence-electron chi connectivity index (χ0n) is 18.8. The number of anilines is 1. The van der Waals surface area contributed by atoms with E-state index in [-0.39, 0.29) is 28.7 Å². The van der Waals surface area contributed by atoms with E-state index in [9.17, 15) is 18.0 Å². The zero-order chi connectivity index (χ0) is 25.4. The van der Waals surface area contributed by atoms with E-state index in [4.69, 9.17) is 10.5 Å². The lowest BCUT2D eigenvalue weighted by molar-refractivity contribution is -0.274. The number of nitrogen functional groups attached to an aromatic ring is 1. The smallest absolute Gasteiger partial charge is 0.487 e. The number of likely N-dealkylation sites (tertiary alicyclic amines) is 1. The van der Waals surface area contributed by atoms with Gasteiger partial charge in [0.1, 0.15) is 34.8 Å². The van der Waals surface area contributed by atoms with Crippen LogP contribution in [0.15, 0.2) is 42.9 Å². The number of benzene rings is 2. The molecule has 0 spiro atoms. The Morgan fingerprint density at radius 2 is 2.00 bits per heavy atom. The van der Waals surface area contributed by atoms with Crippen LogP contribution >= 0.6 is 0 Å². The van der Waals surface area contributed by atoms with Crippen LogP contribution in [0.25, 0.3) is 16.6 Å². The lowest BCUT2D eigenvalue weighted by Crippen LogP contribution is -2.49. The van der Waals surface area contributed by atoms with E-state index < -0.39 is 36.0 Å². The molecule has 0 aliphatic carbocycles. The van der Waals surface area contributed by atoms with Crippen LogP contribution in [0.3, 0.4) is 0 Å². The van der Waals surface area contributed by atoms with Crippen molar-refractivity contribution in [1.82, 2.24) is 19.3 Å². The van der Waals surface area contributed by atoms with Crippen LogP contribution in [0, 0.1) is 5.82 Å². The average molecular weight is 501 g/mol. The molecule has 1 saturated heterocycles. The first-order valence-corrected chi connectivity index (χ1v) is 11.2. The van der Waals surface area contributed by atoms with Gasteiger partial charge in [-0.2, -0.15) is 0 Å². The number of alkyl halides is 3. The minimum absolute atomic E-state index is 0.165. The van der Waals surface area contributed by atoms with Crippen molar-refractivity contribution < 1.29 is 31.8 Å². The highest BCUT2D eigenvalue weighted by Crippen LogP contribution is 2.48. The van der Waals surface area contributed by atoms with Gasteiger partial charge in [0.2, 0.25) is 0 Å². The molecule has 2 aromatic carbocycles. The lowest BCUT2D eigenvalue weighted by atomic mass is 9.89. The largest absolute Gasteiger partial charge is 0.573 e. The number of hydrogen-bond donors (Lipinski definition) is 1. The molecule has 4 heterocycles. The van der Waals surface area contributed by atoms with E-state index in [2.05, 4.69) is 14.7 Å². The molecule has 1 fully saturated rings. The quantitative estimate of drug-likeness (QED) is 0.403. The van der Waals surface area contributed by atoms with Crippen LogP contribution in [0.4, 0.5) is 23.4 Å². The summed E-state index contributed by atoms with van der Waals surface area (Å²) in [4.78, 5) is 23.6. The van der Waals surface area contributed by atoms with Crippen LogP contribution in [0.2, 0.25) is 0 Å². The van der Waals surface area contributed by atoms with Crippen molar-refractivity contribution in [2.45, 2.75) is 44.3 Å². The molecule has 1 amide bonds. The Bertz CT molecular complexity index is 1540. The van der Waals surface area contributed by atoms with E-state index in [1.807, 2.05) is 6.92 Å². The molecule has 12 heteroatoms. The molecule has 2 aliphatic rings. The van der Waals surface area contributed by atoms with E-state index >= 15 is 4.39 Å². The van der Waals surface area contributed by atoms with Gasteiger partial charge in [-0.1, -0.05) is 0 Å². The van der Waals surface area contributed by atoms with E-state index in [0.717, 1.165) is 12.1 Å². The highest BCUT2D eigenvalue weighted by atomic mass is 19.4. The second kappa shape index (κ2) is 7.70. The molecular weight excluding hydrogens is 482 g/mol. The maximum Gasteiger partial charge on any atom is 0.573 e. The number of piperidine rings is 1. The summed E-state index contributed by atoms with van der Waals surface area (Å²) >= 11 is 0. The van der Waals surface area contributed by atoms with Gasteiger partial charge < -0.3 is 20.1 Å². The van der Waals surface area contributed by atoms with Gasteiger partial charge in [-0.05, 0) is 38.0 Å². The number of rotatable bonds is 2. The number of halogens is 4. The monoisotopic (exact) mass is 501 g/mol. The molecule has 0 radical (unpaired) electrons. The molecule has 4 aromatic rings. The summed E-state index contributed by atoms with van der Waals surface area (Å²) in [6.07, 6.45) is -1.14. The first-order chi connectivity index (χ1) is 17.1. The maximum atomic E-state index is 15.3. The van der Waals surface area contributed by atoms with E-state index in [0.29, 0.717) is 29.4 Å². The molecule has 8 nitrogen and oxygen atoms in total. The van der Waals surface area contributed by atoms with Crippen LogP contribution < -0.4 is 15.2 Å². The summed E-state index contributed by atoms with van der Waals surface area (Å²) in [5, 5.41) is 0. The van der Waals surface area contributed by atoms with Gasteiger partial charge in [-0.3, -0.25) is 9.20 Å². The van der Waals surface area contributed by atoms with Gasteiger partial charge in [0, 0.05) is 23.7 Å². The lowest BCUT2D eigenvalue weighted by Gasteiger charge is -2.41. The third-order valence-corrected chi connectivity index (χ3v) is 6.74. The highest BCUT2D eigenvalue weighted by Gasteiger charge is 2.46. The summed E-state index contributed by atoms with van der Waals surface area (Å²) in [7, 11) is 0. The van der Waals surface area contributed by atoms with E-state index in [1.54, 1.807) is 9.30 Å². The van der Waals surface area contributed by atoms with Crippen molar-refractivity contribution in [2.75, 3.05) is 5.73 Å². The highest BCUT2D eigenvalue weighted by molar-refractivity contribution is 5.99. The number of ether oxygens (including phenoxy) is 2. The zero-order valence-corrected chi connectivity index (χ0v) is 18.8.